The summed E-state index contributed by atoms with van der Waals surface area (Å²) in [4.78, 5) is 37.2. The summed E-state index contributed by atoms with van der Waals surface area (Å²) in [7, 11) is 0. The molecule has 0 bridgehead atoms. The highest BCUT2D eigenvalue weighted by Crippen LogP contribution is 2.51. The number of nitro groups is 1. The van der Waals surface area contributed by atoms with Gasteiger partial charge in [0.25, 0.3) is 5.69 Å². The number of carbonyl (C=O) groups excluding carboxylic acids is 2. The summed E-state index contributed by atoms with van der Waals surface area (Å²) < 4.78 is 0. The number of dihydropyridines is 1. The van der Waals surface area contributed by atoms with Crippen molar-refractivity contribution in [3.05, 3.63) is 92.2 Å². The molecule has 1 unspecified atom stereocenters. The average molecular weight is 400 g/mol. The van der Waals surface area contributed by atoms with E-state index in [2.05, 4.69) is 19.2 Å². The van der Waals surface area contributed by atoms with Crippen LogP contribution in [-0.4, -0.2) is 16.5 Å². The molecule has 0 radical (unpaired) electrons. The first-order valence-corrected chi connectivity index (χ1v) is 9.93. The number of nitrogens with one attached hydrogen (secondary N) is 1. The van der Waals surface area contributed by atoms with Gasteiger partial charge in [-0.15, -0.1) is 0 Å². The maximum Gasteiger partial charge on any atom is 0.269 e. The summed E-state index contributed by atoms with van der Waals surface area (Å²) in [6, 6.07) is 13.6. The van der Waals surface area contributed by atoms with E-state index in [4.69, 9.17) is 0 Å². The highest BCUT2D eigenvalue weighted by atomic mass is 16.6. The predicted octanol–water partition coefficient (Wildman–Crippen LogP) is 4.53. The lowest BCUT2D eigenvalue weighted by Crippen LogP contribution is -2.37. The van der Waals surface area contributed by atoms with Crippen LogP contribution >= 0.6 is 0 Å². The minimum absolute atomic E-state index is 0.0202. The van der Waals surface area contributed by atoms with Crippen molar-refractivity contribution in [2.45, 2.75) is 32.6 Å². The van der Waals surface area contributed by atoms with E-state index in [0.717, 1.165) is 22.5 Å². The third-order valence-corrected chi connectivity index (χ3v) is 6.17. The SMILES string of the molecule is CC1(C)CC(=O)C2=C(C1)NC1=C(C(=O)c3ccccc31)C2c1ccc([N+](=O)[O-])cc1. The van der Waals surface area contributed by atoms with Gasteiger partial charge in [-0.05, 0) is 17.4 Å². The van der Waals surface area contributed by atoms with E-state index in [1.807, 2.05) is 18.2 Å². The number of Topliss-reactive ketones (excluding diaryl/α,β-unsaturated/α-hetero) is 2. The van der Waals surface area contributed by atoms with Crippen LogP contribution in [0.4, 0.5) is 5.69 Å². The molecule has 0 spiro atoms. The maximum absolute atomic E-state index is 13.4. The van der Waals surface area contributed by atoms with E-state index in [-0.39, 0.29) is 22.7 Å². The molecule has 2 aromatic rings. The van der Waals surface area contributed by atoms with Crippen LogP contribution in [0.1, 0.15) is 54.1 Å². The molecule has 6 nitrogen and oxygen atoms in total. The van der Waals surface area contributed by atoms with Gasteiger partial charge in [0, 0.05) is 52.4 Å². The normalized spacial score (nSPS) is 21.7. The minimum atomic E-state index is -0.527. The predicted molar refractivity (Wildman–Crippen MR) is 112 cm³/mol. The fourth-order valence-electron chi connectivity index (χ4n) is 4.91. The number of non-ortho nitro benzene ring substituents is 1. The first-order chi connectivity index (χ1) is 14.3. The van der Waals surface area contributed by atoms with Crippen LogP contribution in [0.25, 0.3) is 5.70 Å². The fourth-order valence-corrected chi connectivity index (χ4v) is 4.91. The summed E-state index contributed by atoms with van der Waals surface area (Å²) in [6.07, 6.45) is 1.10. The molecule has 1 N–H and O–H groups in total. The van der Waals surface area contributed by atoms with Gasteiger partial charge < -0.3 is 5.32 Å². The summed E-state index contributed by atoms with van der Waals surface area (Å²) in [5.41, 5.74) is 4.75. The van der Waals surface area contributed by atoms with Crippen molar-refractivity contribution in [3.8, 4) is 0 Å². The molecule has 0 amide bonds. The number of nitrogens with zero attached hydrogens (tertiary/aromatic N) is 1. The summed E-state index contributed by atoms with van der Waals surface area (Å²) >= 11 is 0. The third-order valence-electron chi connectivity index (χ3n) is 6.17. The number of carbonyl (C=O) groups is 2. The van der Waals surface area contributed by atoms with Crippen molar-refractivity contribution in [3.63, 3.8) is 0 Å². The van der Waals surface area contributed by atoms with Gasteiger partial charge in [-0.1, -0.05) is 50.2 Å². The van der Waals surface area contributed by atoms with E-state index in [1.165, 1.54) is 12.1 Å². The van der Waals surface area contributed by atoms with E-state index < -0.39 is 10.8 Å². The summed E-state index contributed by atoms with van der Waals surface area (Å²) in [5.74, 6) is -0.603. The van der Waals surface area contributed by atoms with Crippen molar-refractivity contribution in [1.82, 2.24) is 5.32 Å². The molecule has 3 aliphatic rings. The van der Waals surface area contributed by atoms with Crippen LogP contribution in [0, 0.1) is 15.5 Å². The Morgan fingerprint density at radius 2 is 1.63 bits per heavy atom. The number of nitro benzene ring substituents is 1. The lowest BCUT2D eigenvalue weighted by atomic mass is 9.68. The first-order valence-electron chi connectivity index (χ1n) is 9.93. The second-order valence-corrected chi connectivity index (χ2v) is 8.90. The van der Waals surface area contributed by atoms with Gasteiger partial charge in [0.2, 0.25) is 0 Å². The number of rotatable bonds is 2. The Kier molecular flexibility index (Phi) is 3.84. The number of hydrogen-bond acceptors (Lipinski definition) is 5. The quantitative estimate of drug-likeness (QED) is 0.591. The number of hydrogen-bond donors (Lipinski definition) is 1. The molecule has 6 heteroatoms. The third kappa shape index (κ3) is 2.64. The van der Waals surface area contributed by atoms with Crippen molar-refractivity contribution in [2.24, 2.45) is 5.41 Å². The Morgan fingerprint density at radius 3 is 2.30 bits per heavy atom. The smallest absolute Gasteiger partial charge is 0.269 e. The lowest BCUT2D eigenvalue weighted by molar-refractivity contribution is -0.384. The van der Waals surface area contributed by atoms with Crippen molar-refractivity contribution >= 4 is 23.0 Å². The molecule has 5 rings (SSSR count). The van der Waals surface area contributed by atoms with Crippen LogP contribution in [0.2, 0.25) is 0 Å². The molecule has 30 heavy (non-hydrogen) atoms. The molecule has 0 saturated heterocycles. The van der Waals surface area contributed by atoms with Gasteiger partial charge in [0.1, 0.15) is 0 Å². The first kappa shape index (κ1) is 18.5. The van der Waals surface area contributed by atoms with Gasteiger partial charge >= 0.3 is 0 Å². The number of fused-ring (bicyclic) bond motifs is 2. The maximum atomic E-state index is 13.4. The zero-order valence-corrected chi connectivity index (χ0v) is 16.7. The second-order valence-electron chi connectivity index (χ2n) is 8.90. The Bertz CT molecular complexity index is 1200. The highest BCUT2D eigenvalue weighted by molar-refractivity contribution is 6.23. The molecule has 0 saturated carbocycles. The van der Waals surface area contributed by atoms with Crippen molar-refractivity contribution in [1.29, 1.82) is 0 Å². The molecule has 0 fully saturated rings. The molecule has 1 aliphatic heterocycles. The summed E-state index contributed by atoms with van der Waals surface area (Å²) in [6.45, 7) is 4.13. The molecule has 1 heterocycles. The largest absolute Gasteiger partial charge is 0.358 e. The Labute approximate surface area is 173 Å². The highest BCUT2D eigenvalue weighted by Gasteiger charge is 2.46. The number of allylic oxidation sites excluding steroid dienone is 3. The lowest BCUT2D eigenvalue weighted by Gasteiger charge is -2.39. The Hall–Kier alpha value is -3.54. The Balaban J connectivity index is 1.72. The number of benzene rings is 2. The van der Waals surface area contributed by atoms with E-state index in [0.29, 0.717) is 29.6 Å². The van der Waals surface area contributed by atoms with Gasteiger partial charge in [-0.25, -0.2) is 0 Å². The Morgan fingerprint density at radius 1 is 0.967 bits per heavy atom. The van der Waals surface area contributed by atoms with Crippen LogP contribution < -0.4 is 5.32 Å². The average Bonchev–Trinajstić information content (AvgIpc) is 2.98. The standard InChI is InChI=1S/C24H20N2O4/c1-24(2)11-17-20(18(27)12-24)19(13-7-9-14(10-8-13)26(29)30)21-22(25-17)15-5-3-4-6-16(15)23(21)28/h3-10,19,25H,11-12H2,1-2H3. The van der Waals surface area contributed by atoms with E-state index in [9.17, 15) is 19.7 Å². The number of ketones is 2. The minimum Gasteiger partial charge on any atom is -0.358 e. The molecule has 2 aromatic carbocycles. The van der Waals surface area contributed by atoms with Crippen LogP contribution in [0.15, 0.2) is 65.4 Å². The molecular formula is C24H20N2O4. The zero-order valence-electron chi connectivity index (χ0n) is 16.7. The van der Waals surface area contributed by atoms with Crippen LogP contribution in [0.3, 0.4) is 0 Å². The fraction of sp³-hybridized carbons (Fsp3) is 0.250. The molecule has 150 valence electrons. The van der Waals surface area contributed by atoms with Crippen molar-refractivity contribution in [2.75, 3.05) is 0 Å². The van der Waals surface area contributed by atoms with Gasteiger partial charge in [0.05, 0.1) is 10.6 Å². The topological polar surface area (TPSA) is 89.3 Å². The van der Waals surface area contributed by atoms with Gasteiger partial charge in [0.15, 0.2) is 11.6 Å². The van der Waals surface area contributed by atoms with E-state index in [1.54, 1.807) is 18.2 Å². The van der Waals surface area contributed by atoms with Crippen LogP contribution in [0.5, 0.6) is 0 Å². The van der Waals surface area contributed by atoms with E-state index >= 15 is 0 Å². The molecule has 0 aromatic heterocycles. The molecular weight excluding hydrogens is 380 g/mol. The zero-order chi connectivity index (χ0) is 21.2. The second kappa shape index (κ2) is 6.23. The van der Waals surface area contributed by atoms with Gasteiger partial charge in [-0.3, -0.25) is 19.7 Å². The monoisotopic (exact) mass is 400 g/mol. The van der Waals surface area contributed by atoms with Crippen LogP contribution in [-0.2, 0) is 4.79 Å². The summed E-state index contributed by atoms with van der Waals surface area (Å²) in [5, 5.41) is 14.5. The molecule has 2 aliphatic carbocycles. The van der Waals surface area contributed by atoms with Gasteiger partial charge in [-0.2, -0.15) is 0 Å². The molecule has 1 atom stereocenters. The van der Waals surface area contributed by atoms with Crippen molar-refractivity contribution < 1.29 is 14.5 Å².